The number of nitriles is 1. The van der Waals surface area contributed by atoms with E-state index in [-0.39, 0.29) is 5.91 Å². The Morgan fingerprint density at radius 3 is 2.82 bits per heavy atom. The molecule has 0 unspecified atom stereocenters. The highest BCUT2D eigenvalue weighted by atomic mass is 79.9. The highest BCUT2D eigenvalue weighted by Crippen LogP contribution is 2.27. The number of amides is 1. The number of hydrogen-bond donors (Lipinski definition) is 0. The molecule has 0 aromatic heterocycles. The van der Waals surface area contributed by atoms with Crippen LogP contribution >= 0.6 is 15.9 Å². The van der Waals surface area contributed by atoms with E-state index >= 15 is 0 Å². The van der Waals surface area contributed by atoms with Gasteiger partial charge in [0.15, 0.2) is 0 Å². The van der Waals surface area contributed by atoms with E-state index in [0.29, 0.717) is 18.7 Å². The van der Waals surface area contributed by atoms with Crippen LogP contribution in [0.25, 0.3) is 0 Å². The van der Waals surface area contributed by atoms with Crippen molar-refractivity contribution in [2.45, 2.75) is 0 Å². The Hall–Kier alpha value is -1.54. The highest BCUT2D eigenvalue weighted by Gasteiger charge is 2.23. The molecule has 0 spiro atoms. The third-order valence-corrected chi connectivity index (χ3v) is 3.56. The number of rotatable bonds is 1. The summed E-state index contributed by atoms with van der Waals surface area (Å²) in [6.45, 7) is 1.78. The van der Waals surface area contributed by atoms with Crippen molar-refractivity contribution in [3.63, 3.8) is 0 Å². The normalized spacial score (nSPS) is 15.9. The number of hydrogen-bond acceptors (Lipinski definition) is 3. The lowest BCUT2D eigenvalue weighted by Crippen LogP contribution is -2.48. The number of anilines is 1. The van der Waals surface area contributed by atoms with E-state index < -0.39 is 0 Å². The predicted octanol–water partition coefficient (Wildman–Crippen LogP) is 1.60. The molecule has 17 heavy (non-hydrogen) atoms. The SMILES string of the molecule is CN1CCN(c2cccc(Br)c2C#N)CC1=O. The van der Waals surface area contributed by atoms with E-state index in [1.54, 1.807) is 11.9 Å². The Bertz CT molecular complexity index is 495. The van der Waals surface area contributed by atoms with Crippen LogP contribution in [0.4, 0.5) is 5.69 Å². The second kappa shape index (κ2) is 4.76. The van der Waals surface area contributed by atoms with Crippen LogP contribution in [0.3, 0.4) is 0 Å². The monoisotopic (exact) mass is 293 g/mol. The molecule has 1 amide bonds. The fourth-order valence-electron chi connectivity index (χ4n) is 1.85. The first kappa shape index (κ1) is 11.9. The number of carbonyl (C=O) groups excluding carboxylic acids is 1. The lowest BCUT2D eigenvalue weighted by atomic mass is 10.1. The first-order valence-electron chi connectivity index (χ1n) is 5.31. The molecule has 1 aromatic rings. The van der Waals surface area contributed by atoms with E-state index in [1.807, 2.05) is 23.1 Å². The molecule has 0 saturated carbocycles. The Balaban J connectivity index is 2.33. The summed E-state index contributed by atoms with van der Waals surface area (Å²) in [4.78, 5) is 15.3. The summed E-state index contributed by atoms with van der Waals surface area (Å²) in [7, 11) is 1.80. The van der Waals surface area contributed by atoms with Gasteiger partial charge in [0.1, 0.15) is 6.07 Å². The molecule has 0 aliphatic carbocycles. The summed E-state index contributed by atoms with van der Waals surface area (Å²) in [5.41, 5.74) is 1.41. The van der Waals surface area contributed by atoms with Gasteiger partial charge in [0, 0.05) is 24.6 Å². The van der Waals surface area contributed by atoms with Crippen molar-refractivity contribution in [3.05, 3.63) is 28.2 Å². The van der Waals surface area contributed by atoms with Gasteiger partial charge in [-0.1, -0.05) is 6.07 Å². The quantitative estimate of drug-likeness (QED) is 0.790. The number of likely N-dealkylation sites (N-methyl/N-ethyl adjacent to an activating group) is 1. The number of benzene rings is 1. The number of nitrogens with zero attached hydrogens (tertiary/aromatic N) is 3. The molecule has 1 saturated heterocycles. The zero-order valence-electron chi connectivity index (χ0n) is 9.48. The van der Waals surface area contributed by atoms with E-state index in [9.17, 15) is 4.79 Å². The van der Waals surface area contributed by atoms with Gasteiger partial charge in [-0.25, -0.2) is 0 Å². The molecule has 88 valence electrons. The molecule has 0 atom stereocenters. The van der Waals surface area contributed by atoms with Crippen LogP contribution < -0.4 is 4.90 Å². The van der Waals surface area contributed by atoms with Crippen molar-refractivity contribution in [1.82, 2.24) is 4.90 Å². The van der Waals surface area contributed by atoms with Crippen molar-refractivity contribution in [1.29, 1.82) is 5.26 Å². The summed E-state index contributed by atoms with van der Waals surface area (Å²) in [5.74, 6) is 0.0834. The van der Waals surface area contributed by atoms with Gasteiger partial charge in [0.05, 0.1) is 17.8 Å². The molecule has 1 fully saturated rings. The van der Waals surface area contributed by atoms with Gasteiger partial charge in [-0.3, -0.25) is 4.79 Å². The van der Waals surface area contributed by atoms with Crippen molar-refractivity contribution in [2.24, 2.45) is 0 Å². The van der Waals surface area contributed by atoms with Crippen molar-refractivity contribution < 1.29 is 4.79 Å². The maximum absolute atomic E-state index is 11.7. The average Bonchev–Trinajstić information content (AvgIpc) is 2.32. The number of carbonyl (C=O) groups is 1. The molecular formula is C12H12BrN3O. The number of piperazine rings is 1. The summed E-state index contributed by atoms with van der Waals surface area (Å²) < 4.78 is 0.767. The summed E-state index contributed by atoms with van der Waals surface area (Å²) in [6.07, 6.45) is 0. The van der Waals surface area contributed by atoms with Gasteiger partial charge in [-0.2, -0.15) is 5.26 Å². The standard InChI is InChI=1S/C12H12BrN3O/c1-15-5-6-16(8-12(15)17)11-4-2-3-10(13)9(11)7-14/h2-4H,5-6,8H2,1H3. The first-order chi connectivity index (χ1) is 8.13. The fraction of sp³-hybridized carbons (Fsp3) is 0.333. The molecule has 2 rings (SSSR count). The second-order valence-corrected chi connectivity index (χ2v) is 4.84. The molecule has 0 bridgehead atoms. The van der Waals surface area contributed by atoms with Gasteiger partial charge in [0.25, 0.3) is 0 Å². The van der Waals surface area contributed by atoms with E-state index in [0.717, 1.165) is 16.7 Å². The summed E-state index contributed by atoms with van der Waals surface area (Å²) >= 11 is 3.36. The maximum atomic E-state index is 11.7. The molecule has 4 nitrogen and oxygen atoms in total. The maximum Gasteiger partial charge on any atom is 0.241 e. The lowest BCUT2D eigenvalue weighted by molar-refractivity contribution is -0.129. The summed E-state index contributed by atoms with van der Waals surface area (Å²) in [5, 5.41) is 9.15. The molecule has 5 heteroatoms. The third-order valence-electron chi connectivity index (χ3n) is 2.90. The van der Waals surface area contributed by atoms with Gasteiger partial charge < -0.3 is 9.80 Å². The van der Waals surface area contributed by atoms with Crippen molar-refractivity contribution >= 4 is 27.5 Å². The fourth-order valence-corrected chi connectivity index (χ4v) is 2.30. The minimum absolute atomic E-state index is 0.0834. The zero-order valence-corrected chi connectivity index (χ0v) is 11.1. The Labute approximate surface area is 109 Å². The number of halogens is 1. The molecule has 0 radical (unpaired) electrons. The van der Waals surface area contributed by atoms with Crippen LogP contribution in [0, 0.1) is 11.3 Å². The van der Waals surface area contributed by atoms with Crippen molar-refractivity contribution in [3.8, 4) is 6.07 Å². The molecule has 1 heterocycles. The van der Waals surface area contributed by atoms with Crippen LogP contribution in [0.5, 0.6) is 0 Å². The minimum Gasteiger partial charge on any atom is -0.359 e. The van der Waals surface area contributed by atoms with Gasteiger partial charge >= 0.3 is 0 Å². The molecule has 1 aromatic carbocycles. The largest absolute Gasteiger partial charge is 0.359 e. The minimum atomic E-state index is 0.0834. The molecule has 1 aliphatic heterocycles. The Morgan fingerprint density at radius 1 is 1.41 bits per heavy atom. The van der Waals surface area contributed by atoms with Gasteiger partial charge in [-0.05, 0) is 28.1 Å². The van der Waals surface area contributed by atoms with E-state index in [4.69, 9.17) is 5.26 Å². The smallest absolute Gasteiger partial charge is 0.241 e. The van der Waals surface area contributed by atoms with Crippen LogP contribution in [-0.4, -0.2) is 37.5 Å². The first-order valence-corrected chi connectivity index (χ1v) is 6.10. The third kappa shape index (κ3) is 2.27. The average molecular weight is 294 g/mol. The molecular weight excluding hydrogens is 282 g/mol. The predicted molar refractivity (Wildman–Crippen MR) is 68.7 cm³/mol. The lowest BCUT2D eigenvalue weighted by Gasteiger charge is -2.34. The van der Waals surface area contributed by atoms with Crippen molar-refractivity contribution in [2.75, 3.05) is 31.6 Å². The van der Waals surface area contributed by atoms with Crippen LogP contribution in [0.15, 0.2) is 22.7 Å². The highest BCUT2D eigenvalue weighted by molar-refractivity contribution is 9.10. The van der Waals surface area contributed by atoms with Crippen LogP contribution in [-0.2, 0) is 4.79 Å². The zero-order chi connectivity index (χ0) is 12.4. The topological polar surface area (TPSA) is 47.3 Å². The van der Waals surface area contributed by atoms with E-state index in [2.05, 4.69) is 22.0 Å². The van der Waals surface area contributed by atoms with Gasteiger partial charge in [-0.15, -0.1) is 0 Å². The molecule has 0 N–H and O–H groups in total. The van der Waals surface area contributed by atoms with E-state index in [1.165, 1.54) is 0 Å². The Morgan fingerprint density at radius 2 is 2.18 bits per heavy atom. The molecule has 1 aliphatic rings. The summed E-state index contributed by atoms with van der Waals surface area (Å²) in [6, 6.07) is 7.76. The van der Waals surface area contributed by atoms with Crippen LogP contribution in [0.1, 0.15) is 5.56 Å². The Kier molecular flexibility index (Phi) is 3.34. The second-order valence-electron chi connectivity index (χ2n) is 3.98. The van der Waals surface area contributed by atoms with Crippen LogP contribution in [0.2, 0.25) is 0 Å². The van der Waals surface area contributed by atoms with Gasteiger partial charge in [0.2, 0.25) is 5.91 Å².